The van der Waals surface area contributed by atoms with Gasteiger partial charge in [0.05, 0.1) is 7.11 Å². The first-order valence-electron chi connectivity index (χ1n) is 8.06. The Morgan fingerprint density at radius 2 is 1.88 bits per heavy atom. The Bertz CT molecular complexity index is 849. The van der Waals surface area contributed by atoms with Gasteiger partial charge in [-0.1, -0.05) is 30.3 Å². The van der Waals surface area contributed by atoms with Gasteiger partial charge in [-0.15, -0.1) is 12.4 Å². The van der Waals surface area contributed by atoms with Crippen LogP contribution in [0.2, 0.25) is 0 Å². The Kier molecular flexibility index (Phi) is 6.63. The quantitative estimate of drug-likeness (QED) is 0.837. The van der Waals surface area contributed by atoms with Crippen LogP contribution >= 0.6 is 12.4 Å². The van der Waals surface area contributed by atoms with E-state index in [0.717, 1.165) is 11.6 Å². The van der Waals surface area contributed by atoms with Crippen LogP contribution in [-0.2, 0) is 10.0 Å². The van der Waals surface area contributed by atoms with Crippen molar-refractivity contribution in [1.29, 1.82) is 0 Å². The van der Waals surface area contributed by atoms with E-state index in [1.54, 1.807) is 0 Å². The van der Waals surface area contributed by atoms with Crippen LogP contribution in [0.3, 0.4) is 0 Å². The maximum atomic E-state index is 14.3. The fourth-order valence-electron chi connectivity index (χ4n) is 3.30. The van der Waals surface area contributed by atoms with E-state index in [-0.39, 0.29) is 41.4 Å². The highest BCUT2D eigenvalue weighted by Crippen LogP contribution is 2.35. The highest BCUT2D eigenvalue weighted by molar-refractivity contribution is 7.89. The van der Waals surface area contributed by atoms with E-state index in [0.29, 0.717) is 13.1 Å². The van der Waals surface area contributed by atoms with Crippen molar-refractivity contribution in [1.82, 2.24) is 4.31 Å². The summed E-state index contributed by atoms with van der Waals surface area (Å²) in [4.78, 5) is -0.335. The zero-order valence-corrected chi connectivity index (χ0v) is 16.0. The maximum absolute atomic E-state index is 14.3. The van der Waals surface area contributed by atoms with Crippen molar-refractivity contribution < 1.29 is 17.5 Å². The second-order valence-electron chi connectivity index (χ2n) is 6.13. The van der Waals surface area contributed by atoms with Crippen molar-refractivity contribution in [2.24, 2.45) is 11.7 Å². The number of nitrogens with zero attached hydrogens (tertiary/aromatic N) is 1. The number of hydrogen-bond donors (Lipinski definition) is 1. The minimum Gasteiger partial charge on any atom is -0.497 e. The average molecular weight is 401 g/mol. The van der Waals surface area contributed by atoms with Gasteiger partial charge in [-0.25, -0.2) is 12.8 Å². The summed E-state index contributed by atoms with van der Waals surface area (Å²) in [5.74, 6) is -0.535. The fraction of sp³-hybridized carbons (Fsp3) is 0.333. The van der Waals surface area contributed by atoms with Gasteiger partial charge in [0, 0.05) is 25.1 Å². The van der Waals surface area contributed by atoms with Crippen LogP contribution in [0, 0.1) is 11.7 Å². The third-order valence-electron chi connectivity index (χ3n) is 4.69. The van der Waals surface area contributed by atoms with Crippen molar-refractivity contribution >= 4 is 22.4 Å². The van der Waals surface area contributed by atoms with Gasteiger partial charge >= 0.3 is 0 Å². The highest BCUT2D eigenvalue weighted by atomic mass is 35.5. The Labute approximate surface area is 159 Å². The molecule has 1 aliphatic rings. The van der Waals surface area contributed by atoms with Crippen LogP contribution in [0.15, 0.2) is 53.4 Å². The zero-order valence-electron chi connectivity index (χ0n) is 14.3. The third-order valence-corrected chi connectivity index (χ3v) is 6.56. The lowest BCUT2D eigenvalue weighted by atomic mass is 9.89. The first kappa shape index (κ1) is 20.6. The average Bonchev–Trinajstić information content (AvgIpc) is 3.07. The molecule has 5 nitrogen and oxygen atoms in total. The van der Waals surface area contributed by atoms with Gasteiger partial charge in [0.15, 0.2) is 0 Å². The molecule has 1 saturated heterocycles. The summed E-state index contributed by atoms with van der Waals surface area (Å²) in [5, 5.41) is 0. The van der Waals surface area contributed by atoms with E-state index < -0.39 is 15.8 Å². The van der Waals surface area contributed by atoms with Crippen molar-refractivity contribution in [3.05, 3.63) is 59.9 Å². The number of rotatable bonds is 5. The molecule has 2 N–H and O–H groups in total. The summed E-state index contributed by atoms with van der Waals surface area (Å²) in [5.41, 5.74) is 6.91. The number of nitrogens with two attached hydrogens (primary N) is 1. The second kappa shape index (κ2) is 8.35. The van der Waals surface area contributed by atoms with E-state index >= 15 is 0 Å². The van der Waals surface area contributed by atoms with Gasteiger partial charge < -0.3 is 10.5 Å². The molecule has 2 aromatic carbocycles. The molecule has 0 radical (unpaired) electrons. The molecule has 1 aliphatic heterocycles. The summed E-state index contributed by atoms with van der Waals surface area (Å²) in [6.45, 7) is 0.945. The van der Waals surface area contributed by atoms with Gasteiger partial charge in [-0.3, -0.25) is 0 Å². The molecular formula is C18H22ClFN2O3S. The lowest BCUT2D eigenvalue weighted by molar-refractivity contribution is 0.408. The Morgan fingerprint density at radius 3 is 2.46 bits per heavy atom. The molecule has 8 heteroatoms. The molecule has 0 aliphatic carbocycles. The van der Waals surface area contributed by atoms with Gasteiger partial charge in [0.25, 0.3) is 0 Å². The molecule has 0 saturated carbocycles. The third kappa shape index (κ3) is 3.86. The van der Waals surface area contributed by atoms with E-state index in [2.05, 4.69) is 0 Å². The molecule has 2 atom stereocenters. The summed E-state index contributed by atoms with van der Waals surface area (Å²) in [7, 11) is -2.53. The van der Waals surface area contributed by atoms with Crippen LogP contribution in [0.4, 0.5) is 4.39 Å². The topological polar surface area (TPSA) is 72.6 Å². The zero-order chi connectivity index (χ0) is 18.0. The van der Waals surface area contributed by atoms with Crippen molar-refractivity contribution in [2.75, 3.05) is 26.7 Å². The standard InChI is InChI=1S/C18H21FN2O3S.ClH/c1-24-15-7-8-18(17(19)9-15)25(22,23)21-11-14(10-20)16(12-21)13-5-3-2-4-6-13;/h2-9,14,16H,10-12,20H2,1H3;1H/t14-,16+;/m1./s1. The van der Waals surface area contributed by atoms with Crippen LogP contribution in [0.25, 0.3) is 0 Å². The smallest absolute Gasteiger partial charge is 0.246 e. The molecule has 0 unspecified atom stereocenters. The molecule has 0 aromatic heterocycles. The number of methoxy groups -OCH3 is 1. The second-order valence-corrected chi connectivity index (χ2v) is 8.04. The van der Waals surface area contributed by atoms with Crippen molar-refractivity contribution in [3.63, 3.8) is 0 Å². The van der Waals surface area contributed by atoms with E-state index in [9.17, 15) is 12.8 Å². The lowest BCUT2D eigenvalue weighted by Gasteiger charge is -2.17. The van der Waals surface area contributed by atoms with Crippen LogP contribution < -0.4 is 10.5 Å². The van der Waals surface area contributed by atoms with E-state index in [1.807, 2.05) is 30.3 Å². The molecule has 26 heavy (non-hydrogen) atoms. The van der Waals surface area contributed by atoms with Crippen LogP contribution in [-0.4, -0.2) is 39.5 Å². The Balaban J connectivity index is 0.00000243. The lowest BCUT2D eigenvalue weighted by Crippen LogP contribution is -2.30. The molecule has 3 rings (SSSR count). The van der Waals surface area contributed by atoms with Gasteiger partial charge in [-0.05, 0) is 30.2 Å². The van der Waals surface area contributed by atoms with Crippen molar-refractivity contribution in [3.8, 4) is 5.75 Å². The summed E-state index contributed by atoms with van der Waals surface area (Å²) < 4.78 is 46.3. The normalized spacial score (nSPS) is 20.6. The van der Waals surface area contributed by atoms with Gasteiger partial charge in [0.1, 0.15) is 16.5 Å². The molecular weight excluding hydrogens is 379 g/mol. The number of ether oxygens (including phenoxy) is 1. The molecule has 2 aromatic rings. The SMILES string of the molecule is COc1ccc(S(=O)(=O)N2C[C@@H](CN)[C@H](c3ccccc3)C2)c(F)c1.Cl. The summed E-state index contributed by atoms with van der Waals surface area (Å²) in [6.07, 6.45) is 0. The van der Waals surface area contributed by atoms with Gasteiger partial charge in [0.2, 0.25) is 10.0 Å². The Morgan fingerprint density at radius 1 is 1.19 bits per heavy atom. The number of sulfonamides is 1. The molecule has 1 fully saturated rings. The molecule has 0 spiro atoms. The Hall–Kier alpha value is -1.67. The molecule has 1 heterocycles. The number of benzene rings is 2. The van der Waals surface area contributed by atoms with Crippen LogP contribution in [0.5, 0.6) is 5.75 Å². The first-order valence-corrected chi connectivity index (χ1v) is 9.50. The van der Waals surface area contributed by atoms with Gasteiger partial charge in [-0.2, -0.15) is 4.31 Å². The summed E-state index contributed by atoms with van der Waals surface area (Å²) >= 11 is 0. The van der Waals surface area contributed by atoms with E-state index in [1.165, 1.54) is 23.5 Å². The molecule has 0 amide bonds. The predicted octanol–water partition coefficient (Wildman–Crippen LogP) is 2.62. The predicted molar refractivity (Wildman–Crippen MR) is 101 cm³/mol. The monoisotopic (exact) mass is 400 g/mol. The molecule has 0 bridgehead atoms. The first-order chi connectivity index (χ1) is 12.0. The number of halogens is 2. The summed E-state index contributed by atoms with van der Waals surface area (Å²) in [6, 6.07) is 13.5. The molecule has 142 valence electrons. The largest absolute Gasteiger partial charge is 0.497 e. The maximum Gasteiger partial charge on any atom is 0.246 e. The van der Waals surface area contributed by atoms with Crippen molar-refractivity contribution in [2.45, 2.75) is 10.8 Å². The fourth-order valence-corrected chi connectivity index (χ4v) is 4.87. The minimum absolute atomic E-state index is 0. The minimum atomic E-state index is -3.93. The number of hydrogen-bond acceptors (Lipinski definition) is 4. The van der Waals surface area contributed by atoms with Crippen LogP contribution in [0.1, 0.15) is 11.5 Å². The highest BCUT2D eigenvalue weighted by Gasteiger charge is 2.40. The van der Waals surface area contributed by atoms with E-state index in [4.69, 9.17) is 10.5 Å².